The number of anilines is 2. The third-order valence-electron chi connectivity index (χ3n) is 2.59. The van der Waals surface area contributed by atoms with Crippen molar-refractivity contribution in [3.05, 3.63) is 47.5 Å². The van der Waals surface area contributed by atoms with Gasteiger partial charge in [0.25, 0.3) is 5.88 Å². The van der Waals surface area contributed by atoms with E-state index in [9.17, 15) is 13.6 Å². The summed E-state index contributed by atoms with van der Waals surface area (Å²) < 4.78 is 32.3. The predicted molar refractivity (Wildman–Crippen MR) is 73.6 cm³/mol. The number of carbonyl (C=O) groups excluding carboxylic acids is 1. The Labute approximate surface area is 119 Å². The minimum atomic E-state index is -0.794. The molecule has 110 valence electrons. The van der Waals surface area contributed by atoms with E-state index in [1.165, 1.54) is 25.1 Å². The summed E-state index contributed by atoms with van der Waals surface area (Å²) in [5.74, 6) is -2.03. The first-order chi connectivity index (χ1) is 9.97. The minimum absolute atomic E-state index is 0.00701. The fourth-order valence-corrected chi connectivity index (χ4v) is 1.62. The number of hydrogen-bond acceptors (Lipinski definition) is 4. The van der Waals surface area contributed by atoms with Crippen LogP contribution in [0.15, 0.2) is 30.3 Å². The number of nitrogens with zero attached hydrogens (tertiary/aromatic N) is 1. The molecule has 21 heavy (non-hydrogen) atoms. The van der Waals surface area contributed by atoms with Crippen LogP contribution in [0.1, 0.15) is 12.5 Å². The first-order valence-electron chi connectivity index (χ1n) is 6.07. The summed E-state index contributed by atoms with van der Waals surface area (Å²) in [6.07, 6.45) is 0. The third kappa shape index (κ3) is 3.65. The number of aromatic nitrogens is 1. The molecule has 7 heteroatoms. The van der Waals surface area contributed by atoms with E-state index in [2.05, 4.69) is 10.3 Å². The molecular formula is C14H13F2N3O2. The van der Waals surface area contributed by atoms with Crippen molar-refractivity contribution in [2.24, 2.45) is 0 Å². The van der Waals surface area contributed by atoms with Crippen molar-refractivity contribution in [1.29, 1.82) is 0 Å². The third-order valence-corrected chi connectivity index (χ3v) is 2.59. The average molecular weight is 293 g/mol. The van der Waals surface area contributed by atoms with Gasteiger partial charge in [0.2, 0.25) is 5.91 Å². The topological polar surface area (TPSA) is 77.2 Å². The summed E-state index contributed by atoms with van der Waals surface area (Å²) in [5, 5.41) is 2.35. The Morgan fingerprint density at radius 3 is 2.71 bits per heavy atom. The fraction of sp³-hybridized carbons (Fsp3) is 0.143. The Bertz CT molecular complexity index is 677. The number of rotatable bonds is 4. The number of hydrogen-bond donors (Lipinski definition) is 2. The standard InChI is InChI=1S/C14H13F2N3O2/c1-8(20)18-13-12(17)6-11(16)14(19-13)21-7-9-4-2-3-5-10(9)15/h2-6H,7,17H2,1H3,(H,18,19,20). The molecule has 1 heterocycles. The molecule has 0 bridgehead atoms. The van der Waals surface area contributed by atoms with E-state index in [4.69, 9.17) is 10.5 Å². The molecule has 0 fully saturated rings. The van der Waals surface area contributed by atoms with Crippen LogP contribution in [0.25, 0.3) is 0 Å². The molecule has 0 saturated carbocycles. The lowest BCUT2D eigenvalue weighted by molar-refractivity contribution is -0.114. The lowest BCUT2D eigenvalue weighted by Gasteiger charge is -2.11. The second kappa shape index (κ2) is 6.17. The number of nitrogens with one attached hydrogen (secondary N) is 1. The SMILES string of the molecule is CC(=O)Nc1nc(OCc2ccccc2F)c(F)cc1N. The second-order valence-corrected chi connectivity index (χ2v) is 4.27. The van der Waals surface area contributed by atoms with Gasteiger partial charge in [0.15, 0.2) is 11.6 Å². The van der Waals surface area contributed by atoms with Crippen molar-refractivity contribution in [2.45, 2.75) is 13.5 Å². The van der Waals surface area contributed by atoms with E-state index in [0.29, 0.717) is 0 Å². The highest BCUT2D eigenvalue weighted by Crippen LogP contribution is 2.24. The Morgan fingerprint density at radius 1 is 1.33 bits per heavy atom. The molecule has 5 nitrogen and oxygen atoms in total. The van der Waals surface area contributed by atoms with Gasteiger partial charge >= 0.3 is 0 Å². The Kier molecular flexibility index (Phi) is 4.32. The molecule has 0 saturated heterocycles. The fourth-order valence-electron chi connectivity index (χ4n) is 1.62. The zero-order valence-electron chi connectivity index (χ0n) is 11.2. The molecule has 2 aromatic rings. The summed E-state index contributed by atoms with van der Waals surface area (Å²) >= 11 is 0. The average Bonchev–Trinajstić information content (AvgIpc) is 2.41. The smallest absolute Gasteiger partial charge is 0.252 e. The Balaban J connectivity index is 2.20. The Morgan fingerprint density at radius 2 is 2.05 bits per heavy atom. The predicted octanol–water partition coefficient (Wildman–Crippen LogP) is 2.48. The number of halogens is 2. The van der Waals surface area contributed by atoms with E-state index in [1.807, 2.05) is 0 Å². The van der Waals surface area contributed by atoms with Gasteiger partial charge in [0, 0.05) is 18.6 Å². The van der Waals surface area contributed by atoms with E-state index in [-0.39, 0.29) is 29.6 Å². The maximum absolute atomic E-state index is 13.7. The van der Waals surface area contributed by atoms with Crippen LogP contribution in [0.2, 0.25) is 0 Å². The van der Waals surface area contributed by atoms with Gasteiger partial charge in [-0.1, -0.05) is 18.2 Å². The monoisotopic (exact) mass is 293 g/mol. The summed E-state index contributed by atoms with van der Waals surface area (Å²) in [6, 6.07) is 6.94. The highest BCUT2D eigenvalue weighted by atomic mass is 19.1. The van der Waals surface area contributed by atoms with Crippen LogP contribution < -0.4 is 15.8 Å². The van der Waals surface area contributed by atoms with Crippen LogP contribution in [0.4, 0.5) is 20.3 Å². The molecule has 0 aliphatic carbocycles. The second-order valence-electron chi connectivity index (χ2n) is 4.27. The van der Waals surface area contributed by atoms with Gasteiger partial charge in [0.1, 0.15) is 12.4 Å². The van der Waals surface area contributed by atoms with E-state index >= 15 is 0 Å². The van der Waals surface area contributed by atoms with Crippen LogP contribution in [-0.4, -0.2) is 10.9 Å². The first-order valence-corrected chi connectivity index (χ1v) is 6.07. The van der Waals surface area contributed by atoms with Gasteiger partial charge in [-0.05, 0) is 6.07 Å². The van der Waals surface area contributed by atoms with Crippen LogP contribution in [0, 0.1) is 11.6 Å². The quantitative estimate of drug-likeness (QED) is 0.908. The van der Waals surface area contributed by atoms with Crippen LogP contribution in [0.3, 0.4) is 0 Å². The molecule has 0 atom stereocenters. The molecule has 1 aromatic carbocycles. The molecule has 0 aliphatic rings. The van der Waals surface area contributed by atoms with Gasteiger partial charge in [-0.15, -0.1) is 0 Å². The molecule has 0 spiro atoms. The molecule has 0 aliphatic heterocycles. The first kappa shape index (κ1) is 14.7. The summed E-state index contributed by atoms with van der Waals surface area (Å²) in [7, 11) is 0. The van der Waals surface area contributed by atoms with E-state index in [1.54, 1.807) is 6.07 Å². The molecule has 0 unspecified atom stereocenters. The number of carbonyl (C=O) groups is 1. The summed E-state index contributed by atoms with van der Waals surface area (Å²) in [4.78, 5) is 14.8. The highest BCUT2D eigenvalue weighted by Gasteiger charge is 2.13. The molecule has 3 N–H and O–H groups in total. The van der Waals surface area contributed by atoms with Crippen molar-refractivity contribution in [1.82, 2.24) is 4.98 Å². The normalized spacial score (nSPS) is 10.2. The van der Waals surface area contributed by atoms with Crippen molar-refractivity contribution < 1.29 is 18.3 Å². The number of nitrogen functional groups attached to an aromatic ring is 1. The minimum Gasteiger partial charge on any atom is -0.471 e. The maximum Gasteiger partial charge on any atom is 0.252 e. The van der Waals surface area contributed by atoms with E-state index < -0.39 is 17.5 Å². The maximum atomic E-state index is 13.7. The van der Waals surface area contributed by atoms with Crippen LogP contribution in [0.5, 0.6) is 5.88 Å². The molecule has 0 radical (unpaired) electrons. The molecule has 1 amide bonds. The number of nitrogens with two attached hydrogens (primary N) is 1. The van der Waals surface area contributed by atoms with Crippen LogP contribution >= 0.6 is 0 Å². The van der Waals surface area contributed by atoms with Crippen molar-refractivity contribution >= 4 is 17.4 Å². The number of benzene rings is 1. The van der Waals surface area contributed by atoms with Gasteiger partial charge in [-0.25, -0.2) is 8.78 Å². The lowest BCUT2D eigenvalue weighted by Crippen LogP contribution is -2.11. The van der Waals surface area contributed by atoms with Gasteiger partial charge in [-0.2, -0.15) is 4.98 Å². The zero-order chi connectivity index (χ0) is 15.4. The molecule has 1 aromatic heterocycles. The van der Waals surface area contributed by atoms with Gasteiger partial charge in [0.05, 0.1) is 5.69 Å². The van der Waals surface area contributed by atoms with Gasteiger partial charge < -0.3 is 15.8 Å². The van der Waals surface area contributed by atoms with Crippen molar-refractivity contribution in [3.8, 4) is 5.88 Å². The highest BCUT2D eigenvalue weighted by molar-refractivity contribution is 5.90. The number of ether oxygens (including phenoxy) is 1. The van der Waals surface area contributed by atoms with Crippen molar-refractivity contribution in [2.75, 3.05) is 11.1 Å². The largest absolute Gasteiger partial charge is 0.471 e. The molecule has 2 rings (SSSR count). The lowest BCUT2D eigenvalue weighted by atomic mass is 10.2. The van der Waals surface area contributed by atoms with Gasteiger partial charge in [-0.3, -0.25) is 4.79 Å². The Hall–Kier alpha value is -2.70. The zero-order valence-corrected chi connectivity index (χ0v) is 11.2. The van der Waals surface area contributed by atoms with Crippen molar-refractivity contribution in [3.63, 3.8) is 0 Å². The number of amides is 1. The van der Waals surface area contributed by atoms with Crippen LogP contribution in [-0.2, 0) is 11.4 Å². The van der Waals surface area contributed by atoms with E-state index in [0.717, 1.165) is 6.07 Å². The number of pyridine rings is 1. The summed E-state index contributed by atoms with van der Waals surface area (Å²) in [6.45, 7) is 1.07. The molecular weight excluding hydrogens is 280 g/mol. The summed E-state index contributed by atoms with van der Waals surface area (Å²) in [5.41, 5.74) is 5.77.